The number of amides is 1. The van der Waals surface area contributed by atoms with Gasteiger partial charge in [0.2, 0.25) is 5.91 Å². The summed E-state index contributed by atoms with van der Waals surface area (Å²) in [5, 5.41) is 35.3. The molecule has 1 aliphatic rings. The van der Waals surface area contributed by atoms with Gasteiger partial charge in [0, 0.05) is 22.7 Å². The second-order valence-electron chi connectivity index (χ2n) is 9.48. The summed E-state index contributed by atoms with van der Waals surface area (Å²) in [4.78, 5) is 12.5. The maximum Gasteiger partial charge on any atom is 0.224 e. The summed E-state index contributed by atoms with van der Waals surface area (Å²) in [6.07, 6.45) is -4.58. The molecule has 9 heteroatoms. The van der Waals surface area contributed by atoms with Crippen molar-refractivity contribution < 1.29 is 29.6 Å². The number of thioether (sulfide) groups is 1. The van der Waals surface area contributed by atoms with Gasteiger partial charge in [-0.1, -0.05) is 48.0 Å². The first kappa shape index (κ1) is 29.4. The summed E-state index contributed by atoms with van der Waals surface area (Å²) >= 11 is 7.97. The van der Waals surface area contributed by atoms with Gasteiger partial charge in [0.1, 0.15) is 30.2 Å². The van der Waals surface area contributed by atoms with E-state index >= 15 is 0 Å². The Morgan fingerprint density at radius 1 is 0.974 bits per heavy atom. The molecule has 1 fully saturated rings. The molecule has 0 unspecified atom stereocenters. The van der Waals surface area contributed by atoms with Crippen molar-refractivity contribution in [3.63, 3.8) is 0 Å². The van der Waals surface area contributed by atoms with E-state index in [1.807, 2.05) is 61.5 Å². The molecule has 0 radical (unpaired) electrons. The van der Waals surface area contributed by atoms with E-state index in [0.717, 1.165) is 27.3 Å². The molecular formula is C30H34ClNO6S. The van der Waals surface area contributed by atoms with Crippen molar-refractivity contribution in [3.8, 4) is 5.75 Å². The molecule has 0 spiro atoms. The number of carbonyl (C=O) groups is 1. The van der Waals surface area contributed by atoms with Gasteiger partial charge in [-0.15, -0.1) is 11.8 Å². The van der Waals surface area contributed by atoms with Gasteiger partial charge >= 0.3 is 0 Å². The molecule has 7 nitrogen and oxygen atoms in total. The van der Waals surface area contributed by atoms with Crippen LogP contribution in [-0.4, -0.2) is 65.1 Å². The van der Waals surface area contributed by atoms with Crippen LogP contribution in [0.25, 0.3) is 0 Å². The van der Waals surface area contributed by atoms with Crippen LogP contribution in [0.4, 0.5) is 0 Å². The molecule has 208 valence electrons. The highest BCUT2D eigenvalue weighted by Crippen LogP contribution is 2.36. The Labute approximate surface area is 238 Å². The van der Waals surface area contributed by atoms with Gasteiger partial charge in [0.25, 0.3) is 0 Å². The highest BCUT2D eigenvalue weighted by atomic mass is 35.5. The quantitative estimate of drug-likeness (QED) is 0.273. The summed E-state index contributed by atoms with van der Waals surface area (Å²) in [6.45, 7) is 2.54. The van der Waals surface area contributed by atoms with Gasteiger partial charge in [0.05, 0.1) is 19.1 Å². The van der Waals surface area contributed by atoms with Crippen LogP contribution in [0.15, 0.2) is 71.6 Å². The van der Waals surface area contributed by atoms with Crippen LogP contribution in [0.2, 0.25) is 5.02 Å². The standard InChI is InChI=1S/C30H34ClNO6S/c1-3-37-22-9-4-18(5-10-22)14-21-16-20(8-13-24(21)31)30-29(36)28(35)27(34)25(38-30)17-39-23-11-6-19(7-12-23)15-26(33)32-2/h4-13,16,25,27-30,34-36H,3,14-15,17H2,1-2H3,(H,32,33)/t25-,27+,28-,29-,30+/m1/s1. The summed E-state index contributed by atoms with van der Waals surface area (Å²) in [6, 6.07) is 20.8. The molecule has 4 N–H and O–H groups in total. The predicted molar refractivity (Wildman–Crippen MR) is 152 cm³/mol. The van der Waals surface area contributed by atoms with E-state index in [-0.39, 0.29) is 5.91 Å². The minimum Gasteiger partial charge on any atom is -0.494 e. The monoisotopic (exact) mass is 571 g/mol. The number of hydrogen-bond acceptors (Lipinski definition) is 7. The number of ether oxygens (including phenoxy) is 2. The van der Waals surface area contributed by atoms with Crippen molar-refractivity contribution in [1.82, 2.24) is 5.32 Å². The Kier molecular flexibility index (Phi) is 10.3. The maximum atomic E-state index is 11.6. The first-order chi connectivity index (χ1) is 18.8. The molecule has 0 aliphatic carbocycles. The fraction of sp³-hybridized carbons (Fsp3) is 0.367. The maximum absolute atomic E-state index is 11.6. The van der Waals surface area contributed by atoms with E-state index in [4.69, 9.17) is 21.1 Å². The van der Waals surface area contributed by atoms with E-state index in [9.17, 15) is 20.1 Å². The molecule has 1 aliphatic heterocycles. The first-order valence-corrected chi connectivity index (χ1v) is 14.3. The predicted octanol–water partition coefficient (Wildman–Crippen LogP) is 3.93. The molecule has 39 heavy (non-hydrogen) atoms. The van der Waals surface area contributed by atoms with Crippen LogP contribution in [-0.2, 0) is 22.4 Å². The first-order valence-electron chi connectivity index (χ1n) is 12.9. The van der Waals surface area contributed by atoms with Gasteiger partial charge in [-0.3, -0.25) is 4.79 Å². The average molecular weight is 572 g/mol. The molecule has 1 amide bonds. The number of nitrogens with one attached hydrogen (secondary N) is 1. The van der Waals surface area contributed by atoms with Crippen molar-refractivity contribution in [2.24, 2.45) is 0 Å². The lowest BCUT2D eigenvalue weighted by molar-refractivity contribution is -0.218. The second-order valence-corrected chi connectivity index (χ2v) is 11.0. The van der Waals surface area contributed by atoms with Crippen LogP contribution in [0.5, 0.6) is 5.75 Å². The summed E-state index contributed by atoms with van der Waals surface area (Å²) in [5.41, 5.74) is 3.48. The van der Waals surface area contributed by atoms with Crippen molar-refractivity contribution in [2.75, 3.05) is 19.4 Å². The summed E-state index contributed by atoms with van der Waals surface area (Å²) in [7, 11) is 1.60. The number of carbonyl (C=O) groups excluding carboxylic acids is 1. The fourth-order valence-corrected chi connectivity index (χ4v) is 5.66. The molecule has 3 aromatic carbocycles. The summed E-state index contributed by atoms with van der Waals surface area (Å²) in [5.74, 6) is 1.11. The SMILES string of the molecule is CCOc1ccc(Cc2cc([C@@H]3O[C@H](CSc4ccc(CC(=O)NC)cc4)[C@H](O)[C@@H](O)[C@H]3O)ccc2Cl)cc1. The molecule has 3 aromatic rings. The second kappa shape index (κ2) is 13.7. The zero-order valence-corrected chi connectivity index (χ0v) is 23.5. The third-order valence-corrected chi connectivity index (χ3v) is 8.19. The highest BCUT2D eigenvalue weighted by Gasteiger charge is 2.44. The largest absolute Gasteiger partial charge is 0.494 e. The van der Waals surface area contributed by atoms with Crippen LogP contribution in [0.1, 0.15) is 35.3 Å². The summed E-state index contributed by atoms with van der Waals surface area (Å²) < 4.78 is 11.7. The minimum absolute atomic E-state index is 0.0578. The minimum atomic E-state index is -1.37. The van der Waals surface area contributed by atoms with Crippen LogP contribution in [0, 0.1) is 0 Å². The van der Waals surface area contributed by atoms with E-state index in [0.29, 0.717) is 35.8 Å². The van der Waals surface area contributed by atoms with E-state index in [2.05, 4.69) is 5.32 Å². The van der Waals surface area contributed by atoms with Crippen molar-refractivity contribution in [2.45, 2.75) is 55.2 Å². The molecule has 0 aromatic heterocycles. The molecule has 5 atom stereocenters. The van der Waals surface area contributed by atoms with Gasteiger partial charge in [-0.25, -0.2) is 0 Å². The van der Waals surface area contributed by atoms with Crippen LogP contribution >= 0.6 is 23.4 Å². The molecule has 4 rings (SSSR count). The lowest BCUT2D eigenvalue weighted by Crippen LogP contribution is -2.54. The van der Waals surface area contributed by atoms with Crippen molar-refractivity contribution in [1.29, 1.82) is 0 Å². The normalized spacial score (nSPS) is 22.9. The Bertz CT molecular complexity index is 1240. The Morgan fingerprint density at radius 3 is 2.33 bits per heavy atom. The fourth-order valence-electron chi connectivity index (χ4n) is 4.52. The number of halogens is 1. The Morgan fingerprint density at radius 2 is 1.67 bits per heavy atom. The zero-order valence-electron chi connectivity index (χ0n) is 21.9. The number of likely N-dealkylation sites (N-methyl/N-ethyl adjacent to an activating group) is 1. The number of rotatable bonds is 10. The van der Waals surface area contributed by atoms with Gasteiger partial charge in [-0.05, 0) is 65.9 Å². The molecule has 0 bridgehead atoms. The topological polar surface area (TPSA) is 108 Å². The number of aliphatic hydroxyl groups excluding tert-OH is 3. The average Bonchev–Trinajstić information content (AvgIpc) is 2.94. The lowest BCUT2D eigenvalue weighted by atomic mass is 9.90. The van der Waals surface area contributed by atoms with Crippen LogP contribution < -0.4 is 10.1 Å². The third-order valence-electron chi connectivity index (χ3n) is 6.72. The molecule has 0 saturated carbocycles. The van der Waals surface area contributed by atoms with Gasteiger partial charge < -0.3 is 30.1 Å². The highest BCUT2D eigenvalue weighted by molar-refractivity contribution is 7.99. The Balaban J connectivity index is 1.45. The van der Waals surface area contributed by atoms with Crippen LogP contribution in [0.3, 0.4) is 0 Å². The van der Waals surface area contributed by atoms with Crippen molar-refractivity contribution >= 4 is 29.3 Å². The van der Waals surface area contributed by atoms with Gasteiger partial charge in [0.15, 0.2) is 0 Å². The van der Waals surface area contributed by atoms with Crippen molar-refractivity contribution in [3.05, 3.63) is 94.0 Å². The molecule has 1 heterocycles. The molecule has 1 saturated heterocycles. The van der Waals surface area contributed by atoms with E-state index < -0.39 is 30.5 Å². The Hall–Kier alpha value is -2.59. The number of hydrogen-bond donors (Lipinski definition) is 4. The van der Waals surface area contributed by atoms with Gasteiger partial charge in [-0.2, -0.15) is 0 Å². The van der Waals surface area contributed by atoms with E-state index in [1.54, 1.807) is 19.2 Å². The smallest absolute Gasteiger partial charge is 0.224 e. The number of aliphatic hydroxyl groups is 3. The zero-order chi connectivity index (χ0) is 27.9. The molecular weight excluding hydrogens is 538 g/mol. The number of benzene rings is 3. The van der Waals surface area contributed by atoms with E-state index in [1.165, 1.54) is 11.8 Å². The lowest BCUT2D eigenvalue weighted by Gasteiger charge is -2.41. The third kappa shape index (κ3) is 7.54.